The minimum Gasteiger partial charge on any atom is -0.493 e. The maximum atomic E-state index is 13.5. The first kappa shape index (κ1) is 20.3. The highest BCUT2D eigenvalue weighted by molar-refractivity contribution is 6.10. The Kier molecular flexibility index (Phi) is 5.19. The average molecular weight is 431 g/mol. The standard InChI is InChI=1S/C25H25N3O4/c1-15-3-6-23-17(9-15)10-18(14-32-23)24(30)21-13-28(7-8-29)22-11-16(4-5-19(21)22)20-12-26-27-25(20)31-2/h3-6,9,11-13,18,29H,7-8,10,14H2,1-2H3,(H,26,27)/t18-/m0/s1. The lowest BCUT2D eigenvalue weighted by atomic mass is 9.89. The van der Waals surface area contributed by atoms with Gasteiger partial charge in [-0.15, -0.1) is 0 Å². The van der Waals surface area contributed by atoms with Crippen molar-refractivity contribution in [2.75, 3.05) is 20.3 Å². The van der Waals surface area contributed by atoms with Crippen molar-refractivity contribution in [2.24, 2.45) is 5.92 Å². The molecule has 0 fully saturated rings. The molecule has 0 radical (unpaired) electrons. The second kappa shape index (κ2) is 8.16. The van der Waals surface area contributed by atoms with Gasteiger partial charge in [0.25, 0.3) is 0 Å². The van der Waals surface area contributed by atoms with Gasteiger partial charge in [0, 0.05) is 29.2 Å². The van der Waals surface area contributed by atoms with Gasteiger partial charge >= 0.3 is 0 Å². The number of aliphatic hydroxyl groups excluding tert-OH is 1. The van der Waals surface area contributed by atoms with E-state index in [1.165, 1.54) is 0 Å². The van der Waals surface area contributed by atoms with E-state index in [9.17, 15) is 9.90 Å². The number of ketones is 1. The average Bonchev–Trinajstić information content (AvgIpc) is 3.43. The van der Waals surface area contributed by atoms with Crippen molar-refractivity contribution in [3.05, 3.63) is 65.5 Å². The molecule has 0 saturated heterocycles. The van der Waals surface area contributed by atoms with Crippen LogP contribution in [0.2, 0.25) is 0 Å². The molecule has 4 aromatic rings. The quantitative estimate of drug-likeness (QED) is 0.454. The number of nitrogens with zero attached hydrogens (tertiary/aromatic N) is 2. The Labute approximate surface area is 185 Å². The van der Waals surface area contributed by atoms with Gasteiger partial charge < -0.3 is 19.1 Å². The van der Waals surface area contributed by atoms with E-state index in [1.807, 2.05) is 48.0 Å². The van der Waals surface area contributed by atoms with Gasteiger partial charge in [0.15, 0.2) is 5.78 Å². The lowest BCUT2D eigenvalue weighted by Gasteiger charge is -2.24. The molecule has 7 heteroatoms. The molecule has 0 spiro atoms. The number of carbonyl (C=O) groups is 1. The van der Waals surface area contributed by atoms with E-state index in [-0.39, 0.29) is 18.3 Å². The van der Waals surface area contributed by atoms with Crippen molar-refractivity contribution in [3.8, 4) is 22.8 Å². The number of ether oxygens (including phenoxy) is 2. The number of hydrogen-bond acceptors (Lipinski definition) is 5. The summed E-state index contributed by atoms with van der Waals surface area (Å²) < 4.78 is 13.2. The van der Waals surface area contributed by atoms with E-state index >= 15 is 0 Å². The molecule has 3 heterocycles. The van der Waals surface area contributed by atoms with E-state index < -0.39 is 0 Å². The maximum Gasteiger partial charge on any atom is 0.216 e. The van der Waals surface area contributed by atoms with E-state index in [2.05, 4.69) is 16.3 Å². The Morgan fingerprint density at radius 2 is 2.19 bits per heavy atom. The molecule has 0 bridgehead atoms. The zero-order valence-electron chi connectivity index (χ0n) is 18.1. The highest BCUT2D eigenvalue weighted by Gasteiger charge is 2.29. The number of fused-ring (bicyclic) bond motifs is 2. The molecule has 0 saturated carbocycles. The normalized spacial score (nSPS) is 15.4. The van der Waals surface area contributed by atoms with Crippen LogP contribution in [0.4, 0.5) is 0 Å². The number of benzene rings is 2. The number of aromatic amines is 1. The first-order valence-corrected chi connectivity index (χ1v) is 10.7. The van der Waals surface area contributed by atoms with Crippen LogP contribution >= 0.6 is 0 Å². The van der Waals surface area contributed by atoms with Gasteiger partial charge in [0.05, 0.1) is 38.0 Å². The topological polar surface area (TPSA) is 89.4 Å². The molecule has 0 unspecified atom stereocenters. The zero-order chi connectivity index (χ0) is 22.2. The lowest BCUT2D eigenvalue weighted by molar-refractivity contribution is 0.0856. The van der Waals surface area contributed by atoms with Crippen molar-refractivity contribution in [2.45, 2.75) is 19.9 Å². The summed E-state index contributed by atoms with van der Waals surface area (Å²) in [6.07, 6.45) is 4.22. The molecule has 164 valence electrons. The van der Waals surface area contributed by atoms with E-state index in [0.717, 1.165) is 38.9 Å². The van der Waals surface area contributed by atoms with Gasteiger partial charge in [-0.2, -0.15) is 5.10 Å². The molecule has 2 aromatic heterocycles. The number of hydrogen-bond donors (Lipinski definition) is 2. The number of aromatic nitrogens is 3. The minimum atomic E-state index is -0.244. The largest absolute Gasteiger partial charge is 0.493 e. The maximum absolute atomic E-state index is 13.5. The number of rotatable bonds is 6. The van der Waals surface area contributed by atoms with E-state index in [4.69, 9.17) is 9.47 Å². The van der Waals surface area contributed by atoms with Crippen LogP contribution in [0.25, 0.3) is 22.0 Å². The molecule has 0 aliphatic carbocycles. The second-order valence-corrected chi connectivity index (χ2v) is 8.20. The van der Waals surface area contributed by atoms with E-state index in [0.29, 0.717) is 31.0 Å². The number of nitrogens with one attached hydrogen (secondary N) is 1. The van der Waals surface area contributed by atoms with Crippen LogP contribution in [-0.2, 0) is 13.0 Å². The summed E-state index contributed by atoms with van der Waals surface area (Å²) in [7, 11) is 1.59. The molecular weight excluding hydrogens is 406 g/mol. The van der Waals surface area contributed by atoms with Gasteiger partial charge in [-0.25, -0.2) is 5.10 Å². The fourth-order valence-electron chi connectivity index (χ4n) is 4.50. The van der Waals surface area contributed by atoms with Crippen LogP contribution in [0, 0.1) is 12.8 Å². The van der Waals surface area contributed by atoms with Gasteiger partial charge in [-0.1, -0.05) is 29.8 Å². The summed E-state index contributed by atoms with van der Waals surface area (Å²) in [6.45, 7) is 2.79. The molecule has 32 heavy (non-hydrogen) atoms. The van der Waals surface area contributed by atoms with Crippen LogP contribution in [-0.4, -0.2) is 46.0 Å². The molecule has 5 rings (SSSR count). The first-order chi connectivity index (χ1) is 15.6. The number of H-pyrrole nitrogens is 1. The number of aliphatic hydroxyl groups is 1. The van der Waals surface area contributed by atoms with Gasteiger partial charge in [0.1, 0.15) is 5.75 Å². The van der Waals surface area contributed by atoms with Gasteiger partial charge in [-0.3, -0.25) is 4.79 Å². The van der Waals surface area contributed by atoms with Crippen LogP contribution in [0.15, 0.2) is 48.8 Å². The fraction of sp³-hybridized carbons (Fsp3) is 0.280. The highest BCUT2D eigenvalue weighted by atomic mass is 16.5. The summed E-state index contributed by atoms with van der Waals surface area (Å²) in [6, 6.07) is 12.0. The number of Topliss-reactive ketones (excluding diaryl/α,β-unsaturated/α-hetero) is 1. The van der Waals surface area contributed by atoms with Crippen molar-refractivity contribution in [1.29, 1.82) is 0 Å². The van der Waals surface area contributed by atoms with Crippen molar-refractivity contribution in [1.82, 2.24) is 14.8 Å². The van der Waals surface area contributed by atoms with Crippen molar-refractivity contribution < 1.29 is 19.4 Å². The third-order valence-electron chi connectivity index (χ3n) is 6.10. The van der Waals surface area contributed by atoms with Crippen LogP contribution < -0.4 is 9.47 Å². The highest BCUT2D eigenvalue weighted by Crippen LogP contribution is 2.34. The number of aryl methyl sites for hydroxylation is 1. The number of methoxy groups -OCH3 is 1. The van der Waals surface area contributed by atoms with Crippen molar-refractivity contribution >= 4 is 16.7 Å². The second-order valence-electron chi connectivity index (χ2n) is 8.20. The summed E-state index contributed by atoms with van der Waals surface area (Å²) in [5.74, 6) is 1.26. The first-order valence-electron chi connectivity index (χ1n) is 10.7. The Balaban J connectivity index is 1.53. The minimum absolute atomic E-state index is 0.0180. The molecule has 1 aliphatic heterocycles. The Morgan fingerprint density at radius 1 is 1.31 bits per heavy atom. The lowest BCUT2D eigenvalue weighted by Crippen LogP contribution is -2.28. The van der Waals surface area contributed by atoms with Crippen LogP contribution in [0.5, 0.6) is 11.6 Å². The summed E-state index contributed by atoms with van der Waals surface area (Å²) >= 11 is 0. The zero-order valence-corrected chi connectivity index (χ0v) is 18.1. The fourth-order valence-corrected chi connectivity index (χ4v) is 4.50. The van der Waals surface area contributed by atoms with Gasteiger partial charge in [0.2, 0.25) is 5.88 Å². The summed E-state index contributed by atoms with van der Waals surface area (Å²) in [5, 5.41) is 17.3. The predicted octanol–water partition coefficient (Wildman–Crippen LogP) is 3.77. The summed E-state index contributed by atoms with van der Waals surface area (Å²) in [5.41, 5.74) is 5.53. The third-order valence-corrected chi connectivity index (χ3v) is 6.10. The monoisotopic (exact) mass is 431 g/mol. The van der Waals surface area contributed by atoms with Crippen LogP contribution in [0.1, 0.15) is 21.5 Å². The summed E-state index contributed by atoms with van der Waals surface area (Å²) in [4.78, 5) is 13.5. The van der Waals surface area contributed by atoms with Gasteiger partial charge in [-0.05, 0) is 36.6 Å². The Hall–Kier alpha value is -3.58. The van der Waals surface area contributed by atoms with E-state index in [1.54, 1.807) is 13.3 Å². The molecule has 7 nitrogen and oxygen atoms in total. The number of carbonyl (C=O) groups excluding carboxylic acids is 1. The third kappa shape index (κ3) is 3.44. The van der Waals surface area contributed by atoms with Crippen LogP contribution in [0.3, 0.4) is 0 Å². The molecule has 1 aliphatic rings. The van der Waals surface area contributed by atoms with Crippen molar-refractivity contribution in [3.63, 3.8) is 0 Å². The Morgan fingerprint density at radius 3 is 3.00 bits per heavy atom. The molecule has 2 aromatic carbocycles. The Bertz CT molecular complexity index is 1300. The SMILES string of the molecule is COc1[nH]ncc1-c1ccc2c(C(=O)[C@@H]3COc4ccc(C)cc4C3)cn(CCO)c2c1. The predicted molar refractivity (Wildman–Crippen MR) is 121 cm³/mol. The molecular formula is C25H25N3O4. The molecule has 0 amide bonds. The molecule has 1 atom stereocenters. The smallest absolute Gasteiger partial charge is 0.216 e. The molecule has 2 N–H and O–H groups in total.